The molecule has 5 heteroatoms. The van der Waals surface area contributed by atoms with E-state index in [2.05, 4.69) is 53.7 Å². The van der Waals surface area contributed by atoms with Gasteiger partial charge in [0.25, 0.3) is 0 Å². The molecule has 1 saturated heterocycles. The first kappa shape index (κ1) is 22.7. The van der Waals surface area contributed by atoms with Crippen LogP contribution in [0, 0.1) is 21.7 Å². The van der Waals surface area contributed by atoms with Crippen molar-refractivity contribution in [2.75, 3.05) is 13.2 Å². The maximum atomic E-state index is 12.6. The summed E-state index contributed by atoms with van der Waals surface area (Å²) in [6.45, 7) is 17.3. The molecule has 0 saturated carbocycles. The smallest absolute Gasteiger partial charge is 0.311 e. The topological polar surface area (TPSA) is 78.6 Å². The van der Waals surface area contributed by atoms with E-state index in [-0.39, 0.29) is 40.9 Å². The predicted molar refractivity (Wildman–Crippen MR) is 103 cm³/mol. The summed E-state index contributed by atoms with van der Waals surface area (Å²) in [5, 5.41) is 0. The molecule has 150 valence electrons. The van der Waals surface area contributed by atoms with E-state index >= 15 is 0 Å². The number of carbonyl (C=O) groups excluding carboxylic acids is 2. The maximum Gasteiger partial charge on any atom is 0.311 e. The number of carbonyl (C=O) groups is 2. The number of hydrogen-bond donors (Lipinski definition) is 1. The first-order valence-corrected chi connectivity index (χ1v) is 9.39. The van der Waals surface area contributed by atoms with Crippen molar-refractivity contribution in [3.8, 4) is 0 Å². The van der Waals surface area contributed by atoms with Crippen molar-refractivity contribution in [2.45, 2.75) is 74.3 Å². The summed E-state index contributed by atoms with van der Waals surface area (Å²) in [5.74, 6) is -0.511. The second-order valence-electron chi connectivity index (χ2n) is 10.2. The van der Waals surface area contributed by atoms with Gasteiger partial charge in [0.05, 0.1) is 11.8 Å². The Balaban J connectivity index is 2.80. The van der Waals surface area contributed by atoms with Crippen molar-refractivity contribution in [1.82, 2.24) is 0 Å². The van der Waals surface area contributed by atoms with E-state index in [1.54, 1.807) is 0 Å². The van der Waals surface area contributed by atoms with E-state index in [1.165, 1.54) is 0 Å². The van der Waals surface area contributed by atoms with Crippen molar-refractivity contribution < 1.29 is 19.1 Å². The third-order valence-electron chi connectivity index (χ3n) is 5.45. The summed E-state index contributed by atoms with van der Waals surface area (Å²) in [6, 6.07) is 0. The van der Waals surface area contributed by atoms with Crippen LogP contribution in [0.4, 0.5) is 0 Å². The summed E-state index contributed by atoms with van der Waals surface area (Å²) in [4.78, 5) is 23.4. The van der Waals surface area contributed by atoms with Gasteiger partial charge >= 0.3 is 11.9 Å². The molecule has 0 bridgehead atoms. The van der Waals surface area contributed by atoms with Crippen LogP contribution in [0.25, 0.3) is 0 Å². The molecule has 1 aliphatic rings. The Morgan fingerprint density at radius 1 is 1.15 bits per heavy atom. The Labute approximate surface area is 158 Å². The van der Waals surface area contributed by atoms with Gasteiger partial charge in [-0.15, -0.1) is 0 Å². The SMILES string of the molecule is CC(C)(C)/C=C/C(C)(CN)C(C)(C)CC(C)(C)C(=O)OCC1CC(=O)O1. The molecule has 2 unspecified atom stereocenters. The number of allylic oxidation sites excluding steroid dienone is 1. The third kappa shape index (κ3) is 5.83. The lowest BCUT2D eigenvalue weighted by Crippen LogP contribution is -2.45. The summed E-state index contributed by atoms with van der Waals surface area (Å²) in [5.41, 5.74) is 5.08. The molecule has 0 aromatic rings. The third-order valence-corrected chi connectivity index (χ3v) is 5.45. The molecule has 0 spiro atoms. The molecule has 5 nitrogen and oxygen atoms in total. The van der Waals surface area contributed by atoms with Crippen LogP contribution in [0.2, 0.25) is 0 Å². The number of rotatable bonds is 8. The lowest BCUT2D eigenvalue weighted by Gasteiger charge is -2.45. The highest BCUT2D eigenvalue weighted by Gasteiger charge is 2.45. The van der Waals surface area contributed by atoms with Gasteiger partial charge in [-0.1, -0.05) is 53.7 Å². The Morgan fingerprint density at radius 3 is 2.12 bits per heavy atom. The normalized spacial score (nSPS) is 21.1. The van der Waals surface area contributed by atoms with E-state index in [4.69, 9.17) is 15.2 Å². The fourth-order valence-electron chi connectivity index (χ4n) is 3.20. The van der Waals surface area contributed by atoms with Crippen molar-refractivity contribution >= 4 is 11.9 Å². The van der Waals surface area contributed by atoms with Crippen molar-refractivity contribution in [3.05, 3.63) is 12.2 Å². The quantitative estimate of drug-likeness (QED) is 0.521. The summed E-state index contributed by atoms with van der Waals surface area (Å²) in [6.07, 6.45) is 5.05. The zero-order valence-corrected chi connectivity index (χ0v) is 17.8. The number of nitrogens with two attached hydrogens (primary N) is 1. The highest BCUT2D eigenvalue weighted by molar-refractivity contribution is 5.77. The van der Waals surface area contributed by atoms with Gasteiger partial charge < -0.3 is 15.2 Å². The van der Waals surface area contributed by atoms with Crippen LogP contribution in [0.1, 0.15) is 68.2 Å². The lowest BCUT2D eigenvalue weighted by molar-refractivity contribution is -0.182. The Hall–Kier alpha value is -1.36. The summed E-state index contributed by atoms with van der Waals surface area (Å²) in [7, 11) is 0. The Bertz CT molecular complexity index is 549. The highest BCUT2D eigenvalue weighted by atomic mass is 16.6. The fourth-order valence-corrected chi connectivity index (χ4v) is 3.20. The van der Waals surface area contributed by atoms with Crippen LogP contribution in [-0.2, 0) is 19.1 Å². The zero-order valence-electron chi connectivity index (χ0n) is 17.8. The predicted octanol–water partition coefficient (Wildman–Crippen LogP) is 3.85. The largest absolute Gasteiger partial charge is 0.461 e. The summed E-state index contributed by atoms with van der Waals surface area (Å²) >= 11 is 0. The minimum atomic E-state index is -0.663. The van der Waals surface area contributed by atoms with Gasteiger partial charge in [0.15, 0.2) is 0 Å². The maximum absolute atomic E-state index is 12.6. The van der Waals surface area contributed by atoms with E-state index in [0.717, 1.165) is 0 Å². The average Bonchev–Trinajstić information content (AvgIpc) is 2.45. The van der Waals surface area contributed by atoms with Crippen LogP contribution in [0.5, 0.6) is 0 Å². The van der Waals surface area contributed by atoms with Crippen LogP contribution >= 0.6 is 0 Å². The minimum absolute atomic E-state index is 0.0706. The molecule has 1 aliphatic heterocycles. The molecule has 26 heavy (non-hydrogen) atoms. The Kier molecular flexibility index (Phi) is 6.73. The van der Waals surface area contributed by atoms with Crippen LogP contribution in [0.15, 0.2) is 12.2 Å². The molecule has 0 radical (unpaired) electrons. The van der Waals surface area contributed by atoms with Gasteiger partial charge in [-0.05, 0) is 31.1 Å². The molecular formula is C21H37NO4. The second kappa shape index (κ2) is 7.71. The summed E-state index contributed by atoms with van der Waals surface area (Å²) < 4.78 is 10.3. The molecule has 1 heterocycles. The molecule has 0 amide bonds. The molecule has 0 aromatic carbocycles. The second-order valence-corrected chi connectivity index (χ2v) is 10.2. The highest BCUT2D eigenvalue weighted by Crippen LogP contribution is 2.48. The Morgan fingerprint density at radius 2 is 1.69 bits per heavy atom. The van der Waals surface area contributed by atoms with Gasteiger partial charge in [0.1, 0.15) is 12.7 Å². The minimum Gasteiger partial charge on any atom is -0.461 e. The number of cyclic esters (lactones) is 1. The molecule has 0 aromatic heterocycles. The van der Waals surface area contributed by atoms with Crippen LogP contribution in [0.3, 0.4) is 0 Å². The molecule has 0 aliphatic carbocycles. The monoisotopic (exact) mass is 367 g/mol. The van der Waals surface area contributed by atoms with Crippen molar-refractivity contribution in [1.29, 1.82) is 0 Å². The first-order chi connectivity index (χ1) is 11.6. The van der Waals surface area contributed by atoms with Crippen LogP contribution in [-0.4, -0.2) is 31.2 Å². The van der Waals surface area contributed by atoms with Crippen LogP contribution < -0.4 is 5.73 Å². The van der Waals surface area contributed by atoms with Gasteiger partial charge in [-0.3, -0.25) is 9.59 Å². The lowest BCUT2D eigenvalue weighted by atomic mass is 9.60. The molecule has 1 rings (SSSR count). The van der Waals surface area contributed by atoms with E-state index in [9.17, 15) is 9.59 Å². The van der Waals surface area contributed by atoms with Crippen molar-refractivity contribution in [2.24, 2.45) is 27.4 Å². The molecular weight excluding hydrogens is 330 g/mol. The van der Waals surface area contributed by atoms with E-state index in [0.29, 0.717) is 19.4 Å². The average molecular weight is 368 g/mol. The number of hydrogen-bond acceptors (Lipinski definition) is 5. The number of esters is 2. The van der Waals surface area contributed by atoms with Crippen molar-refractivity contribution in [3.63, 3.8) is 0 Å². The molecule has 2 N–H and O–H groups in total. The van der Waals surface area contributed by atoms with E-state index < -0.39 is 5.41 Å². The van der Waals surface area contributed by atoms with Gasteiger partial charge in [-0.25, -0.2) is 0 Å². The molecule has 1 fully saturated rings. The fraction of sp³-hybridized carbons (Fsp3) is 0.810. The number of ether oxygens (including phenoxy) is 2. The first-order valence-electron chi connectivity index (χ1n) is 9.39. The zero-order chi connectivity index (χ0) is 20.4. The van der Waals surface area contributed by atoms with Gasteiger partial charge in [0.2, 0.25) is 0 Å². The van der Waals surface area contributed by atoms with Gasteiger partial charge in [-0.2, -0.15) is 0 Å². The molecule has 2 atom stereocenters. The standard InChI is InChI=1S/C21H37NO4/c1-18(2,3)9-10-21(8,14-22)20(6,7)13-19(4,5)17(24)25-12-15-11-16(23)26-15/h9-10,15H,11-14,22H2,1-8H3/b10-9+. The van der Waals surface area contributed by atoms with E-state index in [1.807, 2.05) is 13.8 Å². The van der Waals surface area contributed by atoms with Gasteiger partial charge in [0, 0.05) is 12.0 Å².